The van der Waals surface area contributed by atoms with Crippen molar-refractivity contribution in [2.75, 3.05) is 13.7 Å². The fourth-order valence-electron chi connectivity index (χ4n) is 3.62. The van der Waals surface area contributed by atoms with Crippen LogP contribution in [0.1, 0.15) is 42.6 Å². The average molecular weight is 367 g/mol. The van der Waals surface area contributed by atoms with E-state index in [9.17, 15) is 0 Å². The van der Waals surface area contributed by atoms with Crippen molar-refractivity contribution in [2.24, 2.45) is 12.8 Å². The van der Waals surface area contributed by atoms with Gasteiger partial charge >= 0.3 is 0 Å². The highest BCUT2D eigenvalue weighted by Gasteiger charge is 2.15. The zero-order valence-corrected chi connectivity index (χ0v) is 16.8. The molecule has 1 aromatic heterocycles. The lowest BCUT2D eigenvalue weighted by Gasteiger charge is -2.19. The summed E-state index contributed by atoms with van der Waals surface area (Å²) in [5.74, 6) is 1.75. The first-order chi connectivity index (χ1) is 13.1. The Morgan fingerprint density at radius 3 is 2.63 bits per heavy atom. The summed E-state index contributed by atoms with van der Waals surface area (Å²) in [7, 11) is 3.83. The molecule has 3 aromatic rings. The Morgan fingerprint density at radius 2 is 1.93 bits per heavy atom. The molecule has 2 aromatic carbocycles. The predicted molar refractivity (Wildman–Crippen MR) is 112 cm³/mol. The SMILES string of the molecule is CCCC(OC)c1ccc(CCN)c(Oc2ccc3c(ccn3C)c2C)c1. The highest BCUT2D eigenvalue weighted by atomic mass is 16.5. The smallest absolute Gasteiger partial charge is 0.131 e. The number of aromatic nitrogens is 1. The Kier molecular flexibility index (Phi) is 6.19. The molecule has 27 heavy (non-hydrogen) atoms. The van der Waals surface area contributed by atoms with E-state index in [1.165, 1.54) is 10.9 Å². The van der Waals surface area contributed by atoms with Crippen molar-refractivity contribution in [3.63, 3.8) is 0 Å². The third-order valence-corrected chi connectivity index (χ3v) is 5.22. The summed E-state index contributed by atoms with van der Waals surface area (Å²) >= 11 is 0. The van der Waals surface area contributed by atoms with E-state index in [1.54, 1.807) is 7.11 Å². The zero-order chi connectivity index (χ0) is 19.4. The molecule has 4 nitrogen and oxygen atoms in total. The van der Waals surface area contributed by atoms with Crippen LogP contribution in [0.25, 0.3) is 10.9 Å². The summed E-state index contributed by atoms with van der Waals surface area (Å²) < 4.78 is 14.2. The first-order valence-corrected chi connectivity index (χ1v) is 9.67. The van der Waals surface area contributed by atoms with Gasteiger partial charge < -0.3 is 19.8 Å². The van der Waals surface area contributed by atoms with E-state index in [1.807, 2.05) is 0 Å². The number of nitrogens with zero attached hydrogens (tertiary/aromatic N) is 1. The Hall–Kier alpha value is -2.30. The molecule has 0 aliphatic heterocycles. The molecular weight excluding hydrogens is 336 g/mol. The first kappa shape index (κ1) is 19.5. The summed E-state index contributed by atoms with van der Waals surface area (Å²) in [5.41, 5.74) is 10.4. The minimum absolute atomic E-state index is 0.0852. The zero-order valence-electron chi connectivity index (χ0n) is 16.8. The molecule has 3 rings (SSSR count). The molecule has 1 atom stereocenters. The van der Waals surface area contributed by atoms with Crippen LogP contribution in [0.2, 0.25) is 0 Å². The normalized spacial score (nSPS) is 12.5. The lowest BCUT2D eigenvalue weighted by Crippen LogP contribution is -2.06. The number of fused-ring (bicyclic) bond motifs is 1. The molecule has 0 saturated heterocycles. The van der Waals surface area contributed by atoms with Gasteiger partial charge in [0.1, 0.15) is 11.5 Å². The van der Waals surface area contributed by atoms with E-state index in [4.69, 9.17) is 15.2 Å². The highest BCUT2D eigenvalue weighted by Crippen LogP contribution is 2.35. The van der Waals surface area contributed by atoms with Crippen molar-refractivity contribution in [2.45, 2.75) is 39.2 Å². The van der Waals surface area contributed by atoms with Crippen LogP contribution < -0.4 is 10.5 Å². The van der Waals surface area contributed by atoms with Gasteiger partial charge in [0.2, 0.25) is 0 Å². The van der Waals surface area contributed by atoms with E-state index < -0.39 is 0 Å². The number of rotatable bonds is 8. The van der Waals surface area contributed by atoms with Crippen molar-refractivity contribution < 1.29 is 9.47 Å². The maximum atomic E-state index is 6.40. The minimum atomic E-state index is 0.0852. The Bertz CT molecular complexity index is 914. The summed E-state index contributed by atoms with van der Waals surface area (Å²) in [5, 5.41) is 1.22. The van der Waals surface area contributed by atoms with Gasteiger partial charge in [-0.3, -0.25) is 0 Å². The Morgan fingerprint density at radius 1 is 1.11 bits per heavy atom. The van der Waals surface area contributed by atoms with Gasteiger partial charge in [-0.1, -0.05) is 25.5 Å². The molecule has 0 aliphatic carbocycles. The van der Waals surface area contributed by atoms with Gasteiger partial charge in [0.15, 0.2) is 0 Å². The number of benzene rings is 2. The molecule has 0 amide bonds. The molecule has 144 valence electrons. The van der Waals surface area contributed by atoms with Crippen molar-refractivity contribution in [1.82, 2.24) is 4.57 Å². The van der Waals surface area contributed by atoms with E-state index in [0.29, 0.717) is 6.54 Å². The van der Waals surface area contributed by atoms with Crippen LogP contribution in [0.4, 0.5) is 0 Å². The van der Waals surface area contributed by atoms with Crippen LogP contribution >= 0.6 is 0 Å². The van der Waals surface area contributed by atoms with Crippen LogP contribution in [0.3, 0.4) is 0 Å². The molecule has 4 heteroatoms. The molecule has 2 N–H and O–H groups in total. The third kappa shape index (κ3) is 4.02. The topological polar surface area (TPSA) is 49.4 Å². The lowest BCUT2D eigenvalue weighted by molar-refractivity contribution is 0.0948. The second kappa shape index (κ2) is 8.59. The largest absolute Gasteiger partial charge is 0.457 e. The fraction of sp³-hybridized carbons (Fsp3) is 0.391. The van der Waals surface area contributed by atoms with Crippen molar-refractivity contribution >= 4 is 10.9 Å². The summed E-state index contributed by atoms with van der Waals surface area (Å²) in [6.45, 7) is 4.87. The molecule has 0 aliphatic rings. The maximum absolute atomic E-state index is 6.40. The number of methoxy groups -OCH3 is 1. The Balaban J connectivity index is 2.00. The second-order valence-corrected chi connectivity index (χ2v) is 7.07. The van der Waals surface area contributed by atoms with Crippen molar-refractivity contribution in [3.05, 3.63) is 59.3 Å². The number of hydrogen-bond donors (Lipinski definition) is 1. The monoisotopic (exact) mass is 366 g/mol. The van der Waals surface area contributed by atoms with Gasteiger partial charge in [0, 0.05) is 36.8 Å². The van der Waals surface area contributed by atoms with Gasteiger partial charge in [-0.15, -0.1) is 0 Å². The minimum Gasteiger partial charge on any atom is -0.457 e. The van der Waals surface area contributed by atoms with Crippen LogP contribution in [-0.2, 0) is 18.2 Å². The standard InChI is InChI=1S/C23H30N2O2/c1-5-6-22(26-4)18-8-7-17(11-13-24)23(15-18)27-21-10-9-20-19(16(21)2)12-14-25(20)3/h7-10,12,14-15,22H,5-6,11,13,24H2,1-4H3. The number of aryl methyl sites for hydroxylation is 2. The van der Waals surface area contributed by atoms with E-state index >= 15 is 0 Å². The molecule has 0 bridgehead atoms. The van der Waals surface area contributed by atoms with E-state index in [2.05, 4.69) is 68.1 Å². The van der Waals surface area contributed by atoms with Gasteiger partial charge in [0.25, 0.3) is 0 Å². The Labute approximate surface area is 161 Å². The highest BCUT2D eigenvalue weighted by molar-refractivity contribution is 5.85. The van der Waals surface area contributed by atoms with Crippen LogP contribution in [0, 0.1) is 6.92 Å². The van der Waals surface area contributed by atoms with Gasteiger partial charge in [-0.2, -0.15) is 0 Å². The lowest BCUT2D eigenvalue weighted by atomic mass is 10.0. The first-order valence-electron chi connectivity index (χ1n) is 9.67. The van der Waals surface area contributed by atoms with Gasteiger partial charge in [0.05, 0.1) is 6.10 Å². The van der Waals surface area contributed by atoms with Crippen LogP contribution in [0.15, 0.2) is 42.6 Å². The number of hydrogen-bond acceptors (Lipinski definition) is 3. The molecule has 0 fully saturated rings. The van der Waals surface area contributed by atoms with Crippen LogP contribution in [-0.4, -0.2) is 18.2 Å². The van der Waals surface area contributed by atoms with Gasteiger partial charge in [-0.25, -0.2) is 0 Å². The maximum Gasteiger partial charge on any atom is 0.131 e. The number of nitrogens with two attached hydrogens (primary N) is 1. The van der Waals surface area contributed by atoms with Crippen molar-refractivity contribution in [3.8, 4) is 11.5 Å². The molecule has 1 heterocycles. The summed E-state index contributed by atoms with van der Waals surface area (Å²) in [6, 6.07) is 12.7. The van der Waals surface area contributed by atoms with E-state index in [0.717, 1.165) is 47.5 Å². The molecule has 0 radical (unpaired) electrons. The van der Waals surface area contributed by atoms with Crippen molar-refractivity contribution in [1.29, 1.82) is 0 Å². The average Bonchev–Trinajstić information content (AvgIpc) is 3.05. The van der Waals surface area contributed by atoms with Gasteiger partial charge in [-0.05, 0) is 61.7 Å². The number of ether oxygens (including phenoxy) is 2. The molecule has 0 saturated carbocycles. The summed E-state index contributed by atoms with van der Waals surface area (Å²) in [4.78, 5) is 0. The molecule has 1 unspecified atom stereocenters. The third-order valence-electron chi connectivity index (χ3n) is 5.22. The second-order valence-electron chi connectivity index (χ2n) is 7.07. The van der Waals surface area contributed by atoms with E-state index in [-0.39, 0.29) is 6.10 Å². The molecule has 0 spiro atoms. The molecular formula is C23H30N2O2. The van der Waals surface area contributed by atoms with Crippen LogP contribution in [0.5, 0.6) is 11.5 Å². The summed E-state index contributed by atoms with van der Waals surface area (Å²) in [6.07, 6.45) is 5.01. The fourth-order valence-corrected chi connectivity index (χ4v) is 3.62. The quantitative estimate of drug-likeness (QED) is 0.591. The predicted octanol–water partition coefficient (Wildman–Crippen LogP) is 5.27.